The third-order valence-corrected chi connectivity index (χ3v) is 4.83. The van der Waals surface area contributed by atoms with Gasteiger partial charge in [0, 0.05) is 34.6 Å². The van der Waals surface area contributed by atoms with Gasteiger partial charge >= 0.3 is 0 Å². The van der Waals surface area contributed by atoms with Gasteiger partial charge in [-0.05, 0) is 44.9 Å². The summed E-state index contributed by atoms with van der Waals surface area (Å²) in [6.45, 7) is 4.39. The number of rotatable bonds is 4. The molecule has 3 heterocycles. The average molecular weight is 310 g/mol. The van der Waals surface area contributed by atoms with Gasteiger partial charge in [0.2, 0.25) is 0 Å². The van der Waals surface area contributed by atoms with Crippen molar-refractivity contribution in [2.24, 2.45) is 0 Å². The van der Waals surface area contributed by atoms with E-state index in [1.54, 1.807) is 17.5 Å². The Labute approximate surface area is 133 Å². The minimum absolute atomic E-state index is 0.707. The van der Waals surface area contributed by atoms with Crippen LogP contribution in [-0.4, -0.2) is 14.5 Å². The second-order valence-electron chi connectivity index (χ2n) is 5.76. The summed E-state index contributed by atoms with van der Waals surface area (Å²) in [5.74, 6) is 0.826. The Morgan fingerprint density at radius 3 is 2.86 bits per heavy atom. The van der Waals surface area contributed by atoms with Crippen LogP contribution in [-0.2, 0) is 0 Å². The lowest BCUT2D eigenvalue weighted by atomic mass is 10.2. The van der Waals surface area contributed by atoms with Crippen LogP contribution in [0.2, 0.25) is 0 Å². The van der Waals surface area contributed by atoms with Crippen molar-refractivity contribution in [3.8, 4) is 11.3 Å². The molecule has 1 N–H and O–H groups in total. The molecule has 1 fully saturated rings. The van der Waals surface area contributed by atoms with Crippen LogP contribution in [0.4, 0.5) is 10.9 Å². The molecule has 0 bridgehead atoms. The lowest BCUT2D eigenvalue weighted by molar-refractivity contribution is 0.700. The fourth-order valence-electron chi connectivity index (χ4n) is 2.93. The largest absolute Gasteiger partial charge is 0.345 e. The van der Waals surface area contributed by atoms with Crippen LogP contribution in [0.15, 0.2) is 35.8 Å². The number of thiazole rings is 1. The van der Waals surface area contributed by atoms with Gasteiger partial charge in [0.1, 0.15) is 5.82 Å². The molecule has 4 nitrogen and oxygen atoms in total. The quantitative estimate of drug-likeness (QED) is 0.759. The van der Waals surface area contributed by atoms with Crippen molar-refractivity contribution >= 4 is 22.3 Å². The number of anilines is 2. The molecular formula is C17H18N4S. The highest BCUT2D eigenvalue weighted by Gasteiger charge is 2.27. The van der Waals surface area contributed by atoms with Gasteiger partial charge in [0.25, 0.3) is 0 Å². The Morgan fingerprint density at radius 1 is 1.27 bits per heavy atom. The lowest BCUT2D eigenvalue weighted by Gasteiger charge is -2.07. The molecule has 0 atom stereocenters. The highest BCUT2D eigenvalue weighted by atomic mass is 32.1. The molecule has 0 amide bonds. The maximum Gasteiger partial charge on any atom is 0.188 e. The Balaban J connectivity index is 1.63. The van der Waals surface area contributed by atoms with Gasteiger partial charge < -0.3 is 9.88 Å². The highest BCUT2D eigenvalue weighted by molar-refractivity contribution is 7.14. The molecule has 5 heteroatoms. The monoisotopic (exact) mass is 310 g/mol. The first kappa shape index (κ1) is 13.5. The normalized spacial score (nSPS) is 14.3. The average Bonchev–Trinajstić information content (AvgIpc) is 3.16. The van der Waals surface area contributed by atoms with Crippen molar-refractivity contribution in [3.63, 3.8) is 0 Å². The number of aromatic nitrogens is 3. The molecule has 0 spiro atoms. The topological polar surface area (TPSA) is 42.7 Å². The van der Waals surface area contributed by atoms with Gasteiger partial charge in [0.05, 0.1) is 5.69 Å². The van der Waals surface area contributed by atoms with Gasteiger partial charge in [-0.15, -0.1) is 11.3 Å². The Bertz CT molecular complexity index is 799. The molecule has 4 rings (SSSR count). The summed E-state index contributed by atoms with van der Waals surface area (Å²) in [6, 6.07) is 8.78. The predicted molar refractivity (Wildman–Crippen MR) is 90.8 cm³/mol. The zero-order chi connectivity index (χ0) is 15.1. The Hall–Kier alpha value is -2.14. The van der Waals surface area contributed by atoms with E-state index in [0.29, 0.717) is 6.04 Å². The minimum atomic E-state index is 0.707. The molecule has 0 aromatic carbocycles. The van der Waals surface area contributed by atoms with Gasteiger partial charge in [-0.25, -0.2) is 9.97 Å². The minimum Gasteiger partial charge on any atom is -0.345 e. The number of hydrogen-bond acceptors (Lipinski definition) is 4. The van der Waals surface area contributed by atoms with E-state index in [1.807, 2.05) is 18.2 Å². The maximum absolute atomic E-state index is 4.72. The van der Waals surface area contributed by atoms with Crippen LogP contribution >= 0.6 is 11.3 Å². The van der Waals surface area contributed by atoms with Gasteiger partial charge in [0.15, 0.2) is 5.13 Å². The molecule has 112 valence electrons. The van der Waals surface area contributed by atoms with Crippen LogP contribution in [0.1, 0.15) is 30.3 Å². The van der Waals surface area contributed by atoms with Crippen molar-refractivity contribution in [2.45, 2.75) is 32.7 Å². The van der Waals surface area contributed by atoms with Gasteiger partial charge in [-0.3, -0.25) is 0 Å². The molecule has 3 aromatic heterocycles. The molecule has 1 aliphatic carbocycles. The Kier molecular flexibility index (Phi) is 3.22. The maximum atomic E-state index is 4.72. The Morgan fingerprint density at radius 2 is 2.14 bits per heavy atom. The van der Waals surface area contributed by atoms with E-state index in [4.69, 9.17) is 4.98 Å². The third kappa shape index (κ3) is 2.41. The number of pyridine rings is 1. The van der Waals surface area contributed by atoms with E-state index in [0.717, 1.165) is 16.6 Å². The zero-order valence-electron chi connectivity index (χ0n) is 12.7. The molecular weight excluding hydrogens is 292 g/mol. The summed E-state index contributed by atoms with van der Waals surface area (Å²) >= 11 is 1.62. The second kappa shape index (κ2) is 5.25. The van der Waals surface area contributed by atoms with E-state index in [-0.39, 0.29) is 0 Å². The van der Waals surface area contributed by atoms with E-state index in [2.05, 4.69) is 40.2 Å². The number of nitrogens with zero attached hydrogens (tertiary/aromatic N) is 3. The number of nitrogens with one attached hydrogen (secondary N) is 1. The summed E-state index contributed by atoms with van der Waals surface area (Å²) in [7, 11) is 0. The molecule has 0 aliphatic heterocycles. The lowest BCUT2D eigenvalue weighted by Crippen LogP contribution is -1.98. The highest BCUT2D eigenvalue weighted by Crippen LogP contribution is 2.40. The molecule has 0 saturated heterocycles. The molecule has 1 saturated carbocycles. The second-order valence-corrected chi connectivity index (χ2v) is 6.62. The first-order chi connectivity index (χ1) is 10.7. The standard InChI is InChI=1S/C17H18N4S/c1-11-9-14(12(2)21(11)13-6-7-13)15-10-22-17(19-15)20-16-5-3-4-8-18-16/h3-5,8-10,13H,6-7H2,1-2H3,(H,18,19,20). The molecule has 22 heavy (non-hydrogen) atoms. The summed E-state index contributed by atoms with van der Waals surface area (Å²) in [4.78, 5) is 9.00. The van der Waals surface area contributed by atoms with Crippen LogP contribution in [0.5, 0.6) is 0 Å². The smallest absolute Gasteiger partial charge is 0.188 e. The molecule has 1 aliphatic rings. The van der Waals surface area contributed by atoms with Gasteiger partial charge in [-0.1, -0.05) is 6.07 Å². The van der Waals surface area contributed by atoms with Crippen LogP contribution < -0.4 is 5.32 Å². The van der Waals surface area contributed by atoms with Crippen LogP contribution in [0, 0.1) is 13.8 Å². The molecule has 0 unspecified atom stereocenters. The van der Waals surface area contributed by atoms with Crippen molar-refractivity contribution in [2.75, 3.05) is 5.32 Å². The predicted octanol–water partition coefficient (Wildman–Crippen LogP) is 4.70. The first-order valence-corrected chi connectivity index (χ1v) is 8.43. The van der Waals surface area contributed by atoms with Crippen molar-refractivity contribution < 1.29 is 0 Å². The summed E-state index contributed by atoms with van der Waals surface area (Å²) in [5, 5.41) is 6.25. The third-order valence-electron chi connectivity index (χ3n) is 4.08. The number of hydrogen-bond donors (Lipinski definition) is 1. The van der Waals surface area contributed by atoms with Gasteiger partial charge in [-0.2, -0.15) is 0 Å². The SMILES string of the molecule is Cc1cc(-c2csc(Nc3ccccn3)n2)c(C)n1C1CC1. The molecule has 3 aromatic rings. The van der Waals surface area contributed by atoms with Crippen LogP contribution in [0.25, 0.3) is 11.3 Å². The number of aryl methyl sites for hydroxylation is 1. The summed E-state index contributed by atoms with van der Waals surface area (Å²) in [5.41, 5.74) is 4.95. The van der Waals surface area contributed by atoms with Crippen molar-refractivity contribution in [3.05, 3.63) is 47.2 Å². The van der Waals surface area contributed by atoms with E-state index >= 15 is 0 Å². The molecule has 0 radical (unpaired) electrons. The fraction of sp³-hybridized carbons (Fsp3) is 0.294. The van der Waals surface area contributed by atoms with E-state index < -0.39 is 0 Å². The van der Waals surface area contributed by atoms with Crippen molar-refractivity contribution in [1.82, 2.24) is 14.5 Å². The summed E-state index contributed by atoms with van der Waals surface area (Å²) < 4.78 is 2.46. The zero-order valence-corrected chi connectivity index (χ0v) is 13.5. The van der Waals surface area contributed by atoms with E-state index in [1.165, 1.54) is 29.8 Å². The van der Waals surface area contributed by atoms with Crippen LogP contribution in [0.3, 0.4) is 0 Å². The summed E-state index contributed by atoms with van der Waals surface area (Å²) in [6.07, 6.45) is 4.39. The van der Waals surface area contributed by atoms with Crippen molar-refractivity contribution in [1.29, 1.82) is 0 Å². The fourth-order valence-corrected chi connectivity index (χ4v) is 3.65. The first-order valence-electron chi connectivity index (χ1n) is 7.55. The van der Waals surface area contributed by atoms with E-state index in [9.17, 15) is 0 Å².